The van der Waals surface area contributed by atoms with E-state index in [4.69, 9.17) is 0 Å². The van der Waals surface area contributed by atoms with Gasteiger partial charge in [-0.2, -0.15) is 0 Å². The van der Waals surface area contributed by atoms with Crippen LogP contribution in [-0.2, 0) is 4.57 Å². The molecule has 0 aliphatic carbocycles. The average molecular weight is 542 g/mol. The Morgan fingerprint density at radius 1 is 0.488 bits per heavy atom. The lowest BCUT2D eigenvalue weighted by atomic mass is 10.0. The number of aromatic nitrogens is 1. The van der Waals surface area contributed by atoms with Crippen LogP contribution in [0, 0.1) is 0 Å². The fourth-order valence-corrected chi connectivity index (χ4v) is 10.2. The quantitative estimate of drug-likeness (QED) is 0.158. The molecule has 0 bridgehead atoms. The van der Waals surface area contributed by atoms with Gasteiger partial charge in [0.15, 0.2) is 7.14 Å². The van der Waals surface area contributed by atoms with Gasteiger partial charge in [-0.25, -0.2) is 0 Å². The number of rotatable bonds is 2. The zero-order valence-electron chi connectivity index (χ0n) is 22.2. The van der Waals surface area contributed by atoms with Crippen molar-refractivity contribution < 1.29 is 4.57 Å². The minimum absolute atomic E-state index is 0.883. The van der Waals surface area contributed by atoms with Crippen molar-refractivity contribution in [3.63, 3.8) is 0 Å². The zero-order valence-corrected chi connectivity index (χ0v) is 23.1. The van der Waals surface area contributed by atoms with Crippen LogP contribution in [0.3, 0.4) is 0 Å². The molecule has 1 aliphatic heterocycles. The van der Waals surface area contributed by atoms with Gasteiger partial charge in [-0.05, 0) is 69.1 Å². The summed E-state index contributed by atoms with van der Waals surface area (Å²) in [6.45, 7) is 0. The van der Waals surface area contributed by atoms with Crippen LogP contribution in [0.2, 0.25) is 0 Å². The molecule has 7 aromatic carbocycles. The van der Waals surface area contributed by atoms with Crippen molar-refractivity contribution in [1.29, 1.82) is 0 Å². The van der Waals surface area contributed by atoms with Gasteiger partial charge in [0.25, 0.3) is 0 Å². The Balaban J connectivity index is 1.40. The van der Waals surface area contributed by atoms with E-state index in [1.807, 2.05) is 36.4 Å². The highest BCUT2D eigenvalue weighted by molar-refractivity contribution is 7.86. The van der Waals surface area contributed by atoms with Crippen LogP contribution < -0.4 is 15.9 Å². The summed E-state index contributed by atoms with van der Waals surface area (Å²) < 4.78 is 17.9. The Hall–Kier alpha value is -4.91. The standard InChI is InChI=1S/C38H24NOP/c40-41(30-12-2-1-3-13-30)36-17-9-7-14-31(36)32-20-21-35-37(38(32)41)33-15-6-8-16-34(33)39(35)29-19-18-27-22-25-10-4-5-11-26(25)23-28(27)24-29/h1-24H. The van der Waals surface area contributed by atoms with Gasteiger partial charge in [0, 0.05) is 32.4 Å². The van der Waals surface area contributed by atoms with E-state index in [-0.39, 0.29) is 0 Å². The van der Waals surface area contributed by atoms with Gasteiger partial charge in [0.05, 0.1) is 11.0 Å². The Morgan fingerprint density at radius 2 is 1.17 bits per heavy atom. The molecule has 1 atom stereocenters. The maximum atomic E-state index is 15.6. The van der Waals surface area contributed by atoms with Crippen LogP contribution in [0.4, 0.5) is 0 Å². The van der Waals surface area contributed by atoms with E-state index in [0.29, 0.717) is 0 Å². The Kier molecular flexibility index (Phi) is 4.63. The van der Waals surface area contributed by atoms with Crippen LogP contribution in [0.15, 0.2) is 146 Å². The Labute approximate surface area is 237 Å². The van der Waals surface area contributed by atoms with Crippen molar-refractivity contribution in [2.45, 2.75) is 0 Å². The molecule has 3 heteroatoms. The third-order valence-corrected chi connectivity index (χ3v) is 11.9. The molecule has 1 unspecified atom stereocenters. The molecule has 8 aromatic rings. The minimum Gasteiger partial charge on any atom is -0.309 e. The smallest absolute Gasteiger partial charge is 0.172 e. The van der Waals surface area contributed by atoms with Crippen molar-refractivity contribution >= 4 is 66.4 Å². The van der Waals surface area contributed by atoms with Crippen molar-refractivity contribution in [2.24, 2.45) is 0 Å². The molecular formula is C38H24NOP. The van der Waals surface area contributed by atoms with Crippen molar-refractivity contribution in [3.05, 3.63) is 146 Å². The summed E-state index contributed by atoms with van der Waals surface area (Å²) in [6, 6.07) is 51.0. The van der Waals surface area contributed by atoms with E-state index in [0.717, 1.165) is 54.5 Å². The summed E-state index contributed by atoms with van der Waals surface area (Å²) in [5.41, 5.74) is 5.45. The molecule has 41 heavy (non-hydrogen) atoms. The lowest BCUT2D eigenvalue weighted by Crippen LogP contribution is -2.21. The van der Waals surface area contributed by atoms with E-state index < -0.39 is 7.14 Å². The highest BCUT2D eigenvalue weighted by Gasteiger charge is 2.42. The maximum Gasteiger partial charge on any atom is 0.172 e. The number of para-hydroxylation sites is 1. The summed E-state index contributed by atoms with van der Waals surface area (Å²) in [5.74, 6) is 0. The first-order valence-electron chi connectivity index (χ1n) is 14.0. The van der Waals surface area contributed by atoms with Gasteiger partial charge in [-0.3, -0.25) is 0 Å². The Bertz CT molecular complexity index is 2400. The maximum absolute atomic E-state index is 15.6. The largest absolute Gasteiger partial charge is 0.309 e. The molecule has 0 saturated heterocycles. The van der Waals surface area contributed by atoms with Crippen molar-refractivity contribution in [1.82, 2.24) is 4.57 Å². The van der Waals surface area contributed by atoms with Gasteiger partial charge in [-0.1, -0.05) is 109 Å². The number of nitrogens with zero attached hydrogens (tertiary/aromatic N) is 1. The number of hydrogen-bond donors (Lipinski definition) is 0. The molecule has 9 rings (SSSR count). The van der Waals surface area contributed by atoms with Gasteiger partial charge >= 0.3 is 0 Å². The molecule has 0 spiro atoms. The predicted molar refractivity (Wildman–Crippen MR) is 174 cm³/mol. The average Bonchev–Trinajstić information content (AvgIpc) is 3.50. The number of fused-ring (bicyclic) bond motifs is 9. The monoisotopic (exact) mass is 541 g/mol. The van der Waals surface area contributed by atoms with E-state index >= 15 is 4.57 Å². The molecule has 2 nitrogen and oxygen atoms in total. The third kappa shape index (κ3) is 3.06. The van der Waals surface area contributed by atoms with E-state index in [1.54, 1.807) is 0 Å². The zero-order chi connectivity index (χ0) is 27.1. The van der Waals surface area contributed by atoms with E-state index in [9.17, 15) is 0 Å². The molecule has 1 aromatic heterocycles. The van der Waals surface area contributed by atoms with Gasteiger partial charge in [0.2, 0.25) is 0 Å². The summed E-state index contributed by atoms with van der Waals surface area (Å²) >= 11 is 0. The van der Waals surface area contributed by atoms with Crippen LogP contribution >= 0.6 is 7.14 Å². The number of benzene rings is 7. The first-order valence-corrected chi connectivity index (χ1v) is 15.7. The molecular weight excluding hydrogens is 517 g/mol. The second-order valence-electron chi connectivity index (χ2n) is 10.9. The van der Waals surface area contributed by atoms with Crippen molar-refractivity contribution in [2.75, 3.05) is 0 Å². The molecule has 1 aliphatic rings. The highest BCUT2D eigenvalue weighted by atomic mass is 31.2. The normalized spacial score (nSPS) is 16.0. The van der Waals surface area contributed by atoms with Gasteiger partial charge in [-0.15, -0.1) is 0 Å². The lowest BCUT2D eigenvalue weighted by molar-refractivity contribution is 0.593. The lowest BCUT2D eigenvalue weighted by Gasteiger charge is -2.17. The number of hydrogen-bond acceptors (Lipinski definition) is 1. The van der Waals surface area contributed by atoms with Gasteiger partial charge in [0.1, 0.15) is 0 Å². The molecule has 0 radical (unpaired) electrons. The fourth-order valence-electron chi connectivity index (χ4n) is 6.93. The van der Waals surface area contributed by atoms with E-state index in [2.05, 4.69) is 114 Å². The molecule has 2 heterocycles. The van der Waals surface area contributed by atoms with Crippen LogP contribution in [0.1, 0.15) is 0 Å². The highest BCUT2D eigenvalue weighted by Crippen LogP contribution is 2.55. The van der Waals surface area contributed by atoms with Gasteiger partial charge < -0.3 is 9.13 Å². The second kappa shape index (κ2) is 8.30. The summed E-state index contributed by atoms with van der Waals surface area (Å²) in [7, 11) is -3.11. The first-order chi connectivity index (χ1) is 20.2. The topological polar surface area (TPSA) is 22.0 Å². The molecule has 0 fully saturated rings. The molecule has 0 amide bonds. The molecule has 0 N–H and O–H groups in total. The fraction of sp³-hybridized carbons (Fsp3) is 0. The van der Waals surface area contributed by atoms with Crippen molar-refractivity contribution in [3.8, 4) is 16.8 Å². The summed E-state index contributed by atoms with van der Waals surface area (Å²) in [6.07, 6.45) is 0. The summed E-state index contributed by atoms with van der Waals surface area (Å²) in [5, 5.41) is 9.89. The Morgan fingerprint density at radius 3 is 2.02 bits per heavy atom. The minimum atomic E-state index is -3.11. The van der Waals surface area contributed by atoms with E-state index in [1.165, 1.54) is 21.5 Å². The van der Waals surface area contributed by atoms with Crippen LogP contribution in [-0.4, -0.2) is 4.57 Å². The second-order valence-corrected chi connectivity index (χ2v) is 13.6. The summed E-state index contributed by atoms with van der Waals surface area (Å²) in [4.78, 5) is 0. The molecule has 0 saturated carbocycles. The van der Waals surface area contributed by atoms with Crippen LogP contribution in [0.25, 0.3) is 60.2 Å². The predicted octanol–water partition coefficient (Wildman–Crippen LogP) is 8.71. The SMILES string of the molecule is O=P1(c2ccccc2)c2ccccc2-c2ccc3c(c21)c1ccccc1n3-c1ccc2cc3ccccc3cc2c1. The first kappa shape index (κ1) is 22.9. The van der Waals surface area contributed by atoms with Crippen LogP contribution in [0.5, 0.6) is 0 Å². The molecule has 192 valence electrons. The third-order valence-electron chi connectivity index (χ3n) is 8.73.